The third-order valence-corrected chi connectivity index (χ3v) is 4.43. The lowest BCUT2D eigenvalue weighted by Crippen LogP contribution is -2.39. The number of hydrogen-bond donors (Lipinski definition) is 0. The van der Waals surface area contributed by atoms with Crippen molar-refractivity contribution < 1.29 is 4.74 Å². The molecule has 0 radical (unpaired) electrons. The Kier molecular flexibility index (Phi) is 4.27. The van der Waals surface area contributed by atoms with Crippen LogP contribution in [0.1, 0.15) is 30.5 Å². The van der Waals surface area contributed by atoms with Crippen molar-refractivity contribution in [3.8, 4) is 0 Å². The van der Waals surface area contributed by atoms with Gasteiger partial charge in [0, 0.05) is 38.1 Å². The molecule has 4 heteroatoms. The predicted molar refractivity (Wildman–Crippen MR) is 85.8 cm³/mol. The number of pyridine rings is 1. The highest BCUT2D eigenvalue weighted by molar-refractivity contribution is 5.80. The summed E-state index contributed by atoms with van der Waals surface area (Å²) >= 11 is 0. The number of morpholine rings is 1. The van der Waals surface area contributed by atoms with Crippen LogP contribution in [0, 0.1) is 13.8 Å². The Morgan fingerprint density at radius 1 is 1.29 bits per heavy atom. The zero-order valence-corrected chi connectivity index (χ0v) is 13.3. The van der Waals surface area contributed by atoms with Gasteiger partial charge in [-0.25, -0.2) is 0 Å². The van der Waals surface area contributed by atoms with Gasteiger partial charge in [0.05, 0.1) is 24.2 Å². The minimum absolute atomic E-state index is 0.503. The lowest BCUT2D eigenvalue weighted by atomic mass is 10.2. The van der Waals surface area contributed by atoms with E-state index in [9.17, 15) is 0 Å². The maximum absolute atomic E-state index is 5.45. The molecule has 0 aliphatic carbocycles. The monoisotopic (exact) mass is 287 g/mol. The van der Waals surface area contributed by atoms with Crippen LogP contribution in [0.4, 0.5) is 0 Å². The minimum atomic E-state index is 0.503. The van der Waals surface area contributed by atoms with Crippen LogP contribution in [-0.4, -0.2) is 47.3 Å². The van der Waals surface area contributed by atoms with Gasteiger partial charge in [-0.15, -0.1) is 0 Å². The van der Waals surface area contributed by atoms with Gasteiger partial charge in [-0.3, -0.25) is 9.88 Å². The van der Waals surface area contributed by atoms with Crippen LogP contribution >= 0.6 is 0 Å². The van der Waals surface area contributed by atoms with Crippen LogP contribution in [0.15, 0.2) is 18.5 Å². The topological polar surface area (TPSA) is 30.3 Å². The molecule has 0 bridgehead atoms. The molecule has 1 aliphatic rings. The molecular formula is C17H25N3O. The quantitative estimate of drug-likeness (QED) is 0.866. The van der Waals surface area contributed by atoms with Crippen LogP contribution in [-0.2, 0) is 4.74 Å². The summed E-state index contributed by atoms with van der Waals surface area (Å²) in [6, 6.07) is 2.76. The second-order valence-corrected chi connectivity index (χ2v) is 6.07. The normalized spacial score (nSPS) is 18.2. The highest BCUT2D eigenvalue weighted by Crippen LogP contribution is 2.25. The third-order valence-electron chi connectivity index (χ3n) is 4.43. The van der Waals surface area contributed by atoms with E-state index in [4.69, 9.17) is 4.74 Å². The zero-order chi connectivity index (χ0) is 14.8. The van der Waals surface area contributed by atoms with E-state index in [-0.39, 0.29) is 0 Å². The van der Waals surface area contributed by atoms with Gasteiger partial charge in [-0.1, -0.05) is 6.92 Å². The molecule has 1 aliphatic heterocycles. The van der Waals surface area contributed by atoms with Gasteiger partial charge >= 0.3 is 0 Å². The largest absolute Gasteiger partial charge is 0.379 e. The molecule has 0 N–H and O–H groups in total. The SMILES string of the molecule is CC[C@@H](CN1CCOCC1)n1cc(C)c2ncc(C)cc21. The first kappa shape index (κ1) is 14.5. The van der Waals surface area contributed by atoms with Crippen molar-refractivity contribution in [2.45, 2.75) is 33.2 Å². The molecule has 2 aromatic rings. The second-order valence-electron chi connectivity index (χ2n) is 6.07. The first-order valence-electron chi connectivity index (χ1n) is 7.93. The van der Waals surface area contributed by atoms with Gasteiger partial charge < -0.3 is 9.30 Å². The summed E-state index contributed by atoms with van der Waals surface area (Å²) in [5.74, 6) is 0. The Bertz CT molecular complexity index is 614. The van der Waals surface area contributed by atoms with Crippen molar-refractivity contribution in [2.75, 3.05) is 32.8 Å². The molecule has 3 rings (SSSR count). The lowest BCUT2D eigenvalue weighted by molar-refractivity contribution is 0.0315. The van der Waals surface area contributed by atoms with E-state index in [0.717, 1.165) is 44.8 Å². The van der Waals surface area contributed by atoms with Crippen LogP contribution in [0.25, 0.3) is 11.0 Å². The first-order valence-corrected chi connectivity index (χ1v) is 7.93. The van der Waals surface area contributed by atoms with Crippen LogP contribution in [0.3, 0.4) is 0 Å². The minimum Gasteiger partial charge on any atom is -0.379 e. The Morgan fingerprint density at radius 3 is 2.76 bits per heavy atom. The maximum Gasteiger partial charge on any atom is 0.0910 e. The summed E-state index contributed by atoms with van der Waals surface area (Å²) in [5, 5.41) is 0. The fourth-order valence-electron chi connectivity index (χ4n) is 3.19. The molecule has 0 amide bonds. The number of hydrogen-bond acceptors (Lipinski definition) is 3. The molecule has 0 saturated carbocycles. The van der Waals surface area contributed by atoms with Crippen molar-refractivity contribution in [3.05, 3.63) is 29.6 Å². The molecular weight excluding hydrogens is 262 g/mol. The van der Waals surface area contributed by atoms with Crippen molar-refractivity contribution >= 4 is 11.0 Å². The molecule has 114 valence electrons. The van der Waals surface area contributed by atoms with E-state index >= 15 is 0 Å². The van der Waals surface area contributed by atoms with Crippen molar-refractivity contribution in [3.63, 3.8) is 0 Å². The molecule has 1 saturated heterocycles. The smallest absolute Gasteiger partial charge is 0.0910 e. The van der Waals surface area contributed by atoms with Gasteiger partial charge in [-0.05, 0) is 37.5 Å². The molecule has 0 unspecified atom stereocenters. The molecule has 4 nitrogen and oxygen atoms in total. The average Bonchev–Trinajstić information content (AvgIpc) is 2.82. The predicted octanol–water partition coefficient (Wildman–Crippen LogP) is 2.94. The molecule has 1 atom stereocenters. The van der Waals surface area contributed by atoms with Crippen molar-refractivity contribution in [2.24, 2.45) is 0 Å². The van der Waals surface area contributed by atoms with E-state index in [1.54, 1.807) is 0 Å². The van der Waals surface area contributed by atoms with E-state index in [0.29, 0.717) is 6.04 Å². The summed E-state index contributed by atoms with van der Waals surface area (Å²) in [7, 11) is 0. The number of nitrogens with zero attached hydrogens (tertiary/aromatic N) is 3. The lowest BCUT2D eigenvalue weighted by Gasteiger charge is -2.31. The summed E-state index contributed by atoms with van der Waals surface area (Å²) in [6.45, 7) is 11.5. The second kappa shape index (κ2) is 6.16. The number of fused-ring (bicyclic) bond motifs is 1. The Hall–Kier alpha value is -1.39. The van der Waals surface area contributed by atoms with Crippen LogP contribution < -0.4 is 0 Å². The third kappa shape index (κ3) is 2.97. The molecule has 2 aromatic heterocycles. The van der Waals surface area contributed by atoms with Crippen molar-refractivity contribution in [1.82, 2.24) is 14.5 Å². The summed E-state index contributed by atoms with van der Waals surface area (Å²) < 4.78 is 7.88. The van der Waals surface area contributed by atoms with Gasteiger partial charge in [0.15, 0.2) is 0 Å². The number of rotatable bonds is 4. The molecule has 3 heterocycles. The van der Waals surface area contributed by atoms with E-state index in [1.807, 2.05) is 6.20 Å². The number of ether oxygens (including phenoxy) is 1. The number of aromatic nitrogens is 2. The highest BCUT2D eigenvalue weighted by atomic mass is 16.5. The van der Waals surface area contributed by atoms with Gasteiger partial charge in [0.1, 0.15) is 0 Å². The average molecular weight is 287 g/mol. The zero-order valence-electron chi connectivity index (χ0n) is 13.3. The molecule has 0 spiro atoms. The van der Waals surface area contributed by atoms with Gasteiger partial charge in [0.2, 0.25) is 0 Å². The molecule has 1 fully saturated rings. The van der Waals surface area contributed by atoms with E-state index in [1.165, 1.54) is 16.6 Å². The van der Waals surface area contributed by atoms with Gasteiger partial charge in [0.25, 0.3) is 0 Å². The van der Waals surface area contributed by atoms with E-state index < -0.39 is 0 Å². The van der Waals surface area contributed by atoms with E-state index in [2.05, 4.69) is 47.5 Å². The first-order chi connectivity index (χ1) is 10.2. The van der Waals surface area contributed by atoms with Gasteiger partial charge in [-0.2, -0.15) is 0 Å². The Labute approximate surface area is 126 Å². The fraction of sp³-hybridized carbons (Fsp3) is 0.588. The molecule has 0 aromatic carbocycles. The highest BCUT2D eigenvalue weighted by Gasteiger charge is 2.19. The number of aryl methyl sites for hydroxylation is 2. The standard InChI is InChI=1S/C17H25N3O/c1-4-15(12-19-5-7-21-8-6-19)20-11-14(3)17-16(20)9-13(2)10-18-17/h9-11,15H,4-8,12H2,1-3H3/t15-/m0/s1. The Balaban J connectivity index is 1.90. The van der Waals surface area contributed by atoms with Crippen LogP contribution in [0.5, 0.6) is 0 Å². The maximum atomic E-state index is 5.45. The van der Waals surface area contributed by atoms with Crippen molar-refractivity contribution in [1.29, 1.82) is 0 Å². The summed E-state index contributed by atoms with van der Waals surface area (Å²) in [6.07, 6.45) is 5.36. The summed E-state index contributed by atoms with van der Waals surface area (Å²) in [4.78, 5) is 7.13. The Morgan fingerprint density at radius 2 is 2.05 bits per heavy atom. The van der Waals surface area contributed by atoms with Crippen LogP contribution in [0.2, 0.25) is 0 Å². The summed E-state index contributed by atoms with van der Waals surface area (Å²) in [5.41, 5.74) is 4.90. The fourth-order valence-corrected chi connectivity index (χ4v) is 3.19. The molecule has 21 heavy (non-hydrogen) atoms.